The maximum Gasteiger partial charge on any atom is 0.317 e. The molecule has 0 bridgehead atoms. The van der Waals surface area contributed by atoms with E-state index in [1.54, 1.807) is 31.3 Å². The zero-order valence-corrected chi connectivity index (χ0v) is 14.1. The minimum absolute atomic E-state index is 0.00561. The third-order valence-corrected chi connectivity index (χ3v) is 4.52. The molecule has 7 nitrogen and oxygen atoms in total. The number of anilines is 1. The predicted octanol–water partition coefficient (Wildman–Crippen LogP) is 1.61. The van der Waals surface area contributed by atoms with E-state index in [1.165, 1.54) is 0 Å². The standard InChI is InChI=1S/C17H23N3O4/c1-23-14-6-5-13(10-15(14)24-2)20-11-12(9-16(20)21)18-17(22)19-7-3-4-8-19/h5-6,10,12H,3-4,7-9,11H2,1-2H3,(H,18,22)/t12-/m1/s1. The van der Waals surface area contributed by atoms with Crippen molar-refractivity contribution in [3.05, 3.63) is 18.2 Å². The lowest BCUT2D eigenvalue weighted by molar-refractivity contribution is -0.117. The van der Waals surface area contributed by atoms with Crippen molar-refractivity contribution < 1.29 is 19.1 Å². The first-order chi connectivity index (χ1) is 11.6. The van der Waals surface area contributed by atoms with Gasteiger partial charge in [0.15, 0.2) is 11.5 Å². The highest BCUT2D eigenvalue weighted by atomic mass is 16.5. The highest BCUT2D eigenvalue weighted by Gasteiger charge is 2.33. The van der Waals surface area contributed by atoms with Gasteiger partial charge in [-0.25, -0.2) is 4.79 Å². The van der Waals surface area contributed by atoms with E-state index in [0.29, 0.717) is 24.5 Å². The van der Waals surface area contributed by atoms with Crippen molar-refractivity contribution in [3.8, 4) is 11.5 Å². The highest BCUT2D eigenvalue weighted by molar-refractivity contribution is 5.97. The van der Waals surface area contributed by atoms with Gasteiger partial charge in [-0.05, 0) is 25.0 Å². The highest BCUT2D eigenvalue weighted by Crippen LogP contribution is 2.33. The Labute approximate surface area is 141 Å². The van der Waals surface area contributed by atoms with Crippen LogP contribution in [0, 0.1) is 0 Å². The van der Waals surface area contributed by atoms with Gasteiger partial charge in [0.2, 0.25) is 5.91 Å². The minimum atomic E-state index is -0.168. The normalized spacial score (nSPS) is 20.4. The average molecular weight is 333 g/mol. The van der Waals surface area contributed by atoms with Gasteiger partial charge in [-0.1, -0.05) is 0 Å². The molecule has 130 valence electrons. The van der Waals surface area contributed by atoms with Gasteiger partial charge in [-0.15, -0.1) is 0 Å². The molecule has 2 heterocycles. The van der Waals surface area contributed by atoms with Crippen LogP contribution >= 0.6 is 0 Å². The molecule has 3 rings (SSSR count). The summed E-state index contributed by atoms with van der Waals surface area (Å²) in [6, 6.07) is 5.14. The molecule has 1 aromatic carbocycles. The van der Waals surface area contributed by atoms with Gasteiger partial charge >= 0.3 is 6.03 Å². The van der Waals surface area contributed by atoms with Crippen molar-refractivity contribution in [2.75, 3.05) is 38.8 Å². The summed E-state index contributed by atoms with van der Waals surface area (Å²) in [5.41, 5.74) is 0.746. The second kappa shape index (κ2) is 6.98. The second-order valence-corrected chi connectivity index (χ2v) is 6.09. The first-order valence-electron chi connectivity index (χ1n) is 8.20. The number of carbonyl (C=O) groups is 2. The van der Waals surface area contributed by atoms with Crippen LogP contribution in [0.25, 0.3) is 0 Å². The summed E-state index contributed by atoms with van der Waals surface area (Å²) in [6.07, 6.45) is 2.41. The Hall–Kier alpha value is -2.44. The molecule has 3 amide bonds. The van der Waals surface area contributed by atoms with E-state index >= 15 is 0 Å². The van der Waals surface area contributed by atoms with Gasteiger partial charge in [0.05, 0.1) is 20.3 Å². The lowest BCUT2D eigenvalue weighted by Crippen LogP contribution is -2.44. The first kappa shape index (κ1) is 16.4. The van der Waals surface area contributed by atoms with Crippen LogP contribution in [0.5, 0.6) is 11.5 Å². The molecule has 7 heteroatoms. The SMILES string of the molecule is COc1ccc(N2C[C@H](NC(=O)N3CCCC3)CC2=O)cc1OC. The number of likely N-dealkylation sites (tertiary alicyclic amines) is 1. The fourth-order valence-electron chi connectivity index (χ4n) is 3.23. The monoisotopic (exact) mass is 333 g/mol. The number of rotatable bonds is 4. The van der Waals surface area contributed by atoms with Gasteiger partial charge in [0, 0.05) is 37.8 Å². The molecule has 0 unspecified atom stereocenters. The van der Waals surface area contributed by atoms with Crippen LogP contribution < -0.4 is 19.7 Å². The van der Waals surface area contributed by atoms with Crippen LogP contribution in [0.15, 0.2) is 18.2 Å². The van der Waals surface area contributed by atoms with E-state index in [9.17, 15) is 9.59 Å². The van der Waals surface area contributed by atoms with E-state index in [2.05, 4.69) is 5.32 Å². The lowest BCUT2D eigenvalue weighted by atomic mass is 10.2. The van der Waals surface area contributed by atoms with Crippen LogP contribution in [0.1, 0.15) is 19.3 Å². The van der Waals surface area contributed by atoms with E-state index < -0.39 is 0 Å². The second-order valence-electron chi connectivity index (χ2n) is 6.09. The molecule has 0 aliphatic carbocycles. The van der Waals surface area contributed by atoms with Gasteiger partial charge < -0.3 is 24.6 Å². The molecule has 0 spiro atoms. The van der Waals surface area contributed by atoms with Crippen molar-refractivity contribution in [3.63, 3.8) is 0 Å². The van der Waals surface area contributed by atoms with Crippen molar-refractivity contribution in [2.45, 2.75) is 25.3 Å². The molecular formula is C17H23N3O4. The average Bonchev–Trinajstić information content (AvgIpc) is 3.24. The molecule has 0 aromatic heterocycles. The maximum atomic E-state index is 12.3. The number of hydrogen-bond donors (Lipinski definition) is 1. The van der Waals surface area contributed by atoms with Crippen LogP contribution in [-0.4, -0.2) is 56.7 Å². The van der Waals surface area contributed by atoms with Crippen LogP contribution in [0.4, 0.5) is 10.5 Å². The third kappa shape index (κ3) is 3.25. The summed E-state index contributed by atoms with van der Waals surface area (Å²) in [5, 5.41) is 2.97. The summed E-state index contributed by atoms with van der Waals surface area (Å²) in [7, 11) is 3.13. The van der Waals surface area contributed by atoms with E-state index in [4.69, 9.17) is 9.47 Å². The van der Waals surface area contributed by atoms with Gasteiger partial charge in [-0.3, -0.25) is 4.79 Å². The molecule has 0 radical (unpaired) electrons. The van der Waals surface area contributed by atoms with Crippen LogP contribution in [-0.2, 0) is 4.79 Å². The zero-order valence-electron chi connectivity index (χ0n) is 14.1. The Morgan fingerprint density at radius 2 is 1.88 bits per heavy atom. The zero-order chi connectivity index (χ0) is 17.1. The number of benzene rings is 1. The molecule has 2 saturated heterocycles. The summed E-state index contributed by atoms with van der Waals surface area (Å²) >= 11 is 0. The van der Waals surface area contributed by atoms with Gasteiger partial charge in [-0.2, -0.15) is 0 Å². The Morgan fingerprint density at radius 1 is 1.17 bits per heavy atom. The van der Waals surface area contributed by atoms with Crippen LogP contribution in [0.3, 0.4) is 0 Å². The number of urea groups is 1. The summed E-state index contributed by atoms with van der Waals surface area (Å²) in [4.78, 5) is 28.0. The lowest BCUT2D eigenvalue weighted by Gasteiger charge is -2.21. The number of ether oxygens (including phenoxy) is 2. The number of carbonyl (C=O) groups excluding carboxylic acids is 2. The molecule has 1 aromatic rings. The molecule has 0 saturated carbocycles. The fourth-order valence-corrected chi connectivity index (χ4v) is 3.23. The number of nitrogens with zero attached hydrogens (tertiary/aromatic N) is 2. The van der Waals surface area contributed by atoms with E-state index in [-0.39, 0.29) is 18.0 Å². The van der Waals surface area contributed by atoms with Crippen LogP contribution in [0.2, 0.25) is 0 Å². The first-order valence-corrected chi connectivity index (χ1v) is 8.20. The van der Waals surface area contributed by atoms with Gasteiger partial charge in [0.25, 0.3) is 0 Å². The molecule has 2 fully saturated rings. The fraction of sp³-hybridized carbons (Fsp3) is 0.529. The third-order valence-electron chi connectivity index (χ3n) is 4.52. The Balaban J connectivity index is 1.67. The number of amides is 3. The van der Waals surface area contributed by atoms with E-state index in [0.717, 1.165) is 31.6 Å². The molecular weight excluding hydrogens is 310 g/mol. The molecule has 1 atom stereocenters. The molecule has 2 aliphatic heterocycles. The predicted molar refractivity (Wildman–Crippen MR) is 89.6 cm³/mol. The van der Waals surface area contributed by atoms with Gasteiger partial charge in [0.1, 0.15) is 0 Å². The summed E-state index contributed by atoms with van der Waals surface area (Å²) < 4.78 is 10.5. The largest absolute Gasteiger partial charge is 0.493 e. The Morgan fingerprint density at radius 3 is 2.54 bits per heavy atom. The van der Waals surface area contributed by atoms with Crippen molar-refractivity contribution >= 4 is 17.6 Å². The number of hydrogen-bond acceptors (Lipinski definition) is 4. The quantitative estimate of drug-likeness (QED) is 0.909. The molecule has 1 N–H and O–H groups in total. The van der Waals surface area contributed by atoms with Crippen molar-refractivity contribution in [2.24, 2.45) is 0 Å². The summed E-state index contributed by atoms with van der Waals surface area (Å²) in [6.45, 7) is 2.06. The Kier molecular flexibility index (Phi) is 4.78. The topological polar surface area (TPSA) is 71.1 Å². The number of methoxy groups -OCH3 is 2. The minimum Gasteiger partial charge on any atom is -0.493 e. The summed E-state index contributed by atoms with van der Waals surface area (Å²) in [5.74, 6) is 1.19. The smallest absolute Gasteiger partial charge is 0.317 e. The maximum absolute atomic E-state index is 12.3. The van der Waals surface area contributed by atoms with Crippen molar-refractivity contribution in [1.82, 2.24) is 10.2 Å². The van der Waals surface area contributed by atoms with Crippen molar-refractivity contribution in [1.29, 1.82) is 0 Å². The van der Waals surface area contributed by atoms with E-state index in [1.807, 2.05) is 11.0 Å². The molecule has 2 aliphatic rings. The number of nitrogens with one attached hydrogen (secondary N) is 1. The Bertz CT molecular complexity index is 628. The molecule has 24 heavy (non-hydrogen) atoms.